The molecule has 1 rings (SSSR count). The van der Waals surface area contributed by atoms with Crippen LogP contribution in [0.3, 0.4) is 0 Å². The first-order chi connectivity index (χ1) is 7.72. The molecule has 0 aliphatic heterocycles. The first kappa shape index (κ1) is 14.6. The zero-order valence-corrected chi connectivity index (χ0v) is 12.5. The molecule has 0 spiro atoms. The number of halogens is 1. The summed E-state index contributed by atoms with van der Waals surface area (Å²) in [6, 6.07) is 0.140. The molecule has 0 saturated heterocycles. The van der Waals surface area contributed by atoms with Gasteiger partial charge in [0.1, 0.15) is 5.69 Å². The van der Waals surface area contributed by atoms with Crippen LogP contribution < -0.4 is 0 Å². The molecule has 0 N–H and O–H groups in total. The first-order valence-electron chi connectivity index (χ1n) is 5.62. The van der Waals surface area contributed by atoms with Crippen molar-refractivity contribution in [3.63, 3.8) is 0 Å². The molecule has 5 heteroatoms. The van der Waals surface area contributed by atoms with Crippen molar-refractivity contribution in [3.8, 4) is 0 Å². The van der Waals surface area contributed by atoms with E-state index in [0.29, 0.717) is 16.5 Å². The Morgan fingerprint density at radius 2 is 2.12 bits per heavy atom. The van der Waals surface area contributed by atoms with E-state index in [0.717, 1.165) is 0 Å². The molecule has 0 amide bonds. The monoisotopic (exact) mass is 274 g/mol. The van der Waals surface area contributed by atoms with Gasteiger partial charge in [-0.05, 0) is 13.8 Å². The Hall–Kier alpha value is -0.480. The standard InChI is InChI=1S/C12H19ClN2OS/c1-8(2)15-11(9(13)6-14-15)10(16)7-17-12(3,4)5/h6,8H,7H2,1-5H3. The van der Waals surface area contributed by atoms with Gasteiger partial charge in [-0.25, -0.2) is 0 Å². The minimum absolute atomic E-state index is 0.0427. The Balaban J connectivity index is 2.85. The molecule has 17 heavy (non-hydrogen) atoms. The minimum Gasteiger partial charge on any atom is -0.291 e. The van der Waals surface area contributed by atoms with Gasteiger partial charge < -0.3 is 0 Å². The molecular formula is C12H19ClN2OS. The Morgan fingerprint density at radius 3 is 2.59 bits per heavy atom. The fraction of sp³-hybridized carbons (Fsp3) is 0.667. The van der Waals surface area contributed by atoms with Crippen molar-refractivity contribution >= 4 is 29.1 Å². The van der Waals surface area contributed by atoms with Crippen LogP contribution in [-0.2, 0) is 0 Å². The normalized spacial score (nSPS) is 12.2. The number of rotatable bonds is 4. The lowest BCUT2D eigenvalue weighted by Crippen LogP contribution is -2.18. The van der Waals surface area contributed by atoms with E-state index >= 15 is 0 Å². The highest BCUT2D eigenvalue weighted by Crippen LogP contribution is 2.26. The molecule has 0 fully saturated rings. The summed E-state index contributed by atoms with van der Waals surface area (Å²) in [6.07, 6.45) is 1.54. The van der Waals surface area contributed by atoms with Crippen LogP contribution in [0.15, 0.2) is 6.20 Å². The molecule has 0 unspecified atom stereocenters. The van der Waals surface area contributed by atoms with Gasteiger partial charge in [0.05, 0.1) is 17.0 Å². The fourth-order valence-electron chi connectivity index (χ4n) is 1.34. The van der Waals surface area contributed by atoms with Crippen molar-refractivity contribution < 1.29 is 4.79 Å². The predicted octanol–water partition coefficient (Wildman–Crippen LogP) is 3.83. The second kappa shape index (κ2) is 5.44. The Bertz CT molecular complexity index is 407. The number of nitrogens with zero attached hydrogens (tertiary/aromatic N) is 2. The first-order valence-corrected chi connectivity index (χ1v) is 6.99. The van der Waals surface area contributed by atoms with E-state index in [1.807, 2.05) is 13.8 Å². The van der Waals surface area contributed by atoms with Gasteiger partial charge in [-0.1, -0.05) is 32.4 Å². The van der Waals surface area contributed by atoms with Gasteiger partial charge in [-0.2, -0.15) is 5.10 Å². The summed E-state index contributed by atoms with van der Waals surface area (Å²) in [5, 5.41) is 4.58. The topological polar surface area (TPSA) is 34.9 Å². The van der Waals surface area contributed by atoms with E-state index in [-0.39, 0.29) is 16.6 Å². The third kappa shape index (κ3) is 4.03. The summed E-state index contributed by atoms with van der Waals surface area (Å²) < 4.78 is 1.76. The number of carbonyl (C=O) groups is 1. The second-order valence-corrected chi connectivity index (χ2v) is 7.41. The van der Waals surface area contributed by atoms with Gasteiger partial charge >= 0.3 is 0 Å². The summed E-state index contributed by atoms with van der Waals surface area (Å²) in [5.41, 5.74) is 0.526. The minimum atomic E-state index is 0.0427. The van der Waals surface area contributed by atoms with Crippen LogP contribution in [0.4, 0.5) is 0 Å². The molecule has 1 aromatic heterocycles. The molecule has 0 bridgehead atoms. The summed E-state index contributed by atoms with van der Waals surface area (Å²) in [4.78, 5) is 12.1. The lowest BCUT2D eigenvalue weighted by atomic mass is 10.2. The van der Waals surface area contributed by atoms with E-state index in [1.54, 1.807) is 16.4 Å². The van der Waals surface area contributed by atoms with E-state index in [9.17, 15) is 4.79 Å². The van der Waals surface area contributed by atoms with Gasteiger partial charge in [0.15, 0.2) is 5.78 Å². The highest BCUT2D eigenvalue weighted by molar-refractivity contribution is 8.01. The van der Waals surface area contributed by atoms with Gasteiger partial charge in [-0.3, -0.25) is 9.48 Å². The Morgan fingerprint density at radius 1 is 1.53 bits per heavy atom. The quantitative estimate of drug-likeness (QED) is 0.783. The average Bonchev–Trinajstić information content (AvgIpc) is 2.55. The van der Waals surface area contributed by atoms with E-state index in [2.05, 4.69) is 25.9 Å². The molecule has 0 aliphatic carbocycles. The van der Waals surface area contributed by atoms with Crippen LogP contribution in [-0.4, -0.2) is 26.1 Å². The lowest BCUT2D eigenvalue weighted by molar-refractivity contribution is 0.101. The van der Waals surface area contributed by atoms with Gasteiger partial charge in [0.2, 0.25) is 0 Å². The van der Waals surface area contributed by atoms with Crippen molar-refractivity contribution in [3.05, 3.63) is 16.9 Å². The van der Waals surface area contributed by atoms with Crippen molar-refractivity contribution in [1.29, 1.82) is 0 Å². The Labute approximate surface area is 112 Å². The largest absolute Gasteiger partial charge is 0.291 e. The number of hydrogen-bond acceptors (Lipinski definition) is 3. The van der Waals surface area contributed by atoms with E-state index in [1.165, 1.54) is 6.20 Å². The smallest absolute Gasteiger partial charge is 0.192 e. The molecule has 1 aromatic rings. The lowest BCUT2D eigenvalue weighted by Gasteiger charge is -2.17. The van der Waals surface area contributed by atoms with E-state index in [4.69, 9.17) is 11.6 Å². The zero-order valence-electron chi connectivity index (χ0n) is 11.0. The SMILES string of the molecule is CC(C)n1ncc(Cl)c1C(=O)CSC(C)(C)C. The summed E-state index contributed by atoms with van der Waals surface area (Å²) in [5.74, 6) is 0.475. The maximum Gasteiger partial charge on any atom is 0.192 e. The van der Waals surface area contributed by atoms with Crippen molar-refractivity contribution in [2.45, 2.75) is 45.4 Å². The molecule has 0 aliphatic rings. The number of hydrogen-bond donors (Lipinski definition) is 0. The molecule has 0 saturated carbocycles. The zero-order chi connectivity index (χ0) is 13.2. The number of aromatic nitrogens is 2. The molecule has 1 heterocycles. The molecule has 0 radical (unpaired) electrons. The molecule has 0 aromatic carbocycles. The van der Waals surface area contributed by atoms with Crippen LogP contribution >= 0.6 is 23.4 Å². The maximum absolute atomic E-state index is 12.1. The Kier molecular flexibility index (Phi) is 4.67. The number of carbonyl (C=O) groups excluding carboxylic acids is 1. The number of Topliss-reactive ketones (excluding diaryl/α,β-unsaturated/α-hetero) is 1. The molecule has 0 atom stereocenters. The predicted molar refractivity (Wildman–Crippen MR) is 74.2 cm³/mol. The fourth-order valence-corrected chi connectivity index (χ4v) is 2.28. The molecule has 96 valence electrons. The van der Waals surface area contributed by atoms with Crippen molar-refractivity contribution in [2.24, 2.45) is 0 Å². The molecule has 3 nitrogen and oxygen atoms in total. The number of ketones is 1. The van der Waals surface area contributed by atoms with Crippen molar-refractivity contribution in [2.75, 3.05) is 5.75 Å². The van der Waals surface area contributed by atoms with Crippen LogP contribution in [0, 0.1) is 0 Å². The van der Waals surface area contributed by atoms with Gasteiger partial charge in [0.25, 0.3) is 0 Å². The summed E-state index contributed by atoms with van der Waals surface area (Å²) >= 11 is 7.64. The average molecular weight is 275 g/mol. The second-order valence-electron chi connectivity index (χ2n) is 5.20. The van der Waals surface area contributed by atoms with Crippen molar-refractivity contribution in [1.82, 2.24) is 9.78 Å². The molecular weight excluding hydrogens is 256 g/mol. The van der Waals surface area contributed by atoms with Gasteiger partial charge in [0, 0.05) is 10.8 Å². The highest BCUT2D eigenvalue weighted by Gasteiger charge is 2.21. The van der Waals surface area contributed by atoms with Crippen LogP contribution in [0.1, 0.15) is 51.1 Å². The van der Waals surface area contributed by atoms with Crippen LogP contribution in [0.2, 0.25) is 5.02 Å². The third-order valence-electron chi connectivity index (χ3n) is 2.14. The third-order valence-corrected chi connectivity index (χ3v) is 3.69. The van der Waals surface area contributed by atoms with Gasteiger partial charge in [-0.15, -0.1) is 11.8 Å². The maximum atomic E-state index is 12.1. The summed E-state index contributed by atoms with van der Waals surface area (Å²) in [7, 11) is 0. The van der Waals surface area contributed by atoms with E-state index < -0.39 is 0 Å². The summed E-state index contributed by atoms with van der Waals surface area (Å²) in [6.45, 7) is 10.2. The van der Waals surface area contributed by atoms with Crippen LogP contribution in [0.5, 0.6) is 0 Å². The number of thioether (sulfide) groups is 1. The highest BCUT2D eigenvalue weighted by atomic mass is 35.5. The van der Waals surface area contributed by atoms with Crippen LogP contribution in [0.25, 0.3) is 0 Å².